The molecule has 33 heavy (non-hydrogen) atoms. The van der Waals surface area contributed by atoms with Gasteiger partial charge in [0.15, 0.2) is 11.5 Å². The van der Waals surface area contributed by atoms with Crippen LogP contribution in [0.15, 0.2) is 23.5 Å². The lowest BCUT2D eigenvalue weighted by Gasteiger charge is -2.69. The summed E-state index contributed by atoms with van der Waals surface area (Å²) in [7, 11) is 1.40. The molecule has 180 valence electrons. The molecule has 0 radical (unpaired) electrons. The molecular formula is C27H36O6. The van der Waals surface area contributed by atoms with Crippen LogP contribution >= 0.6 is 0 Å². The van der Waals surface area contributed by atoms with E-state index in [0.29, 0.717) is 36.9 Å². The topological polar surface area (TPSA) is 89.9 Å². The third-order valence-electron chi connectivity index (χ3n) is 10.4. The standard InChI is InChI=1S/C27H36O6/c1-24-10-6-20-25(2)8-5-9-27(20,15-33-23(25)30)19(24)7-11-26(3,31)21(24)13-16-12-17(28)14-18(32-4)22(16)29/h12,14,19-21,31H,5-11,13,15H2,1-4H3/t19?,20?,21-,24+,25+,26-,27-/m0/s1. The molecule has 1 N–H and O–H groups in total. The van der Waals surface area contributed by atoms with E-state index in [1.807, 2.05) is 6.92 Å². The number of esters is 1. The van der Waals surface area contributed by atoms with Gasteiger partial charge in [0.2, 0.25) is 5.78 Å². The number of aliphatic hydroxyl groups is 1. The summed E-state index contributed by atoms with van der Waals surface area (Å²) in [5.74, 6) is -0.0501. The average molecular weight is 457 g/mol. The Morgan fingerprint density at radius 2 is 1.76 bits per heavy atom. The van der Waals surface area contributed by atoms with E-state index in [9.17, 15) is 19.5 Å². The molecule has 0 amide bonds. The Morgan fingerprint density at radius 1 is 1.03 bits per heavy atom. The number of rotatable bonds is 3. The SMILES string of the molecule is COC1=CC(=O)C=C(C[C@@H]2[C@@](C)(O)CCC3[C@]45CCC[C@@](C)(C(=O)OC4)C5CC[C@]32C)C1=O. The van der Waals surface area contributed by atoms with Crippen LogP contribution < -0.4 is 0 Å². The lowest BCUT2D eigenvalue weighted by atomic mass is 9.37. The number of ether oxygens (including phenoxy) is 2. The van der Waals surface area contributed by atoms with E-state index in [2.05, 4.69) is 13.8 Å². The van der Waals surface area contributed by atoms with Gasteiger partial charge in [-0.15, -0.1) is 0 Å². The fourth-order valence-corrected chi connectivity index (χ4v) is 8.92. The largest absolute Gasteiger partial charge is 0.493 e. The van der Waals surface area contributed by atoms with Crippen molar-refractivity contribution in [2.75, 3.05) is 13.7 Å². The summed E-state index contributed by atoms with van der Waals surface area (Å²) in [5.41, 5.74) is -1.23. The maximum atomic E-state index is 13.0. The van der Waals surface area contributed by atoms with Gasteiger partial charge in [-0.2, -0.15) is 0 Å². The summed E-state index contributed by atoms with van der Waals surface area (Å²) in [6.45, 7) is 6.73. The van der Waals surface area contributed by atoms with Crippen LogP contribution in [0.2, 0.25) is 0 Å². The highest BCUT2D eigenvalue weighted by Gasteiger charge is 2.69. The number of methoxy groups -OCH3 is 1. The fourth-order valence-electron chi connectivity index (χ4n) is 8.92. The molecule has 5 rings (SSSR count). The Labute approximate surface area is 195 Å². The Hall–Kier alpha value is -1.95. The van der Waals surface area contributed by atoms with Gasteiger partial charge < -0.3 is 14.6 Å². The van der Waals surface area contributed by atoms with Crippen molar-refractivity contribution in [1.82, 2.24) is 0 Å². The Balaban J connectivity index is 1.53. The van der Waals surface area contributed by atoms with Gasteiger partial charge in [0.25, 0.3) is 0 Å². The van der Waals surface area contributed by atoms with Crippen LogP contribution in [0.25, 0.3) is 0 Å². The zero-order chi connectivity index (χ0) is 23.8. The number of carbonyl (C=O) groups is 3. The first-order chi connectivity index (χ1) is 15.5. The fraction of sp³-hybridized carbons (Fsp3) is 0.741. The van der Waals surface area contributed by atoms with Crippen LogP contribution in [0.1, 0.15) is 72.1 Å². The summed E-state index contributed by atoms with van der Waals surface area (Å²) in [6, 6.07) is 0. The minimum Gasteiger partial charge on any atom is -0.493 e. The Morgan fingerprint density at radius 3 is 2.48 bits per heavy atom. The van der Waals surface area contributed by atoms with Crippen LogP contribution in [0.3, 0.4) is 0 Å². The number of cyclic esters (lactones) is 1. The molecule has 6 heteroatoms. The predicted octanol–water partition coefficient (Wildman–Crippen LogP) is 3.91. The highest BCUT2D eigenvalue weighted by Crippen LogP contribution is 2.71. The molecule has 6 nitrogen and oxygen atoms in total. The van der Waals surface area contributed by atoms with Crippen molar-refractivity contribution in [3.63, 3.8) is 0 Å². The van der Waals surface area contributed by atoms with Crippen LogP contribution in [-0.4, -0.2) is 42.0 Å². The number of fused-ring (bicyclic) bond motifs is 1. The molecule has 0 spiro atoms. The third kappa shape index (κ3) is 3.05. The number of ketones is 2. The maximum absolute atomic E-state index is 13.0. The minimum absolute atomic E-state index is 0.0406. The van der Waals surface area contributed by atoms with Crippen LogP contribution in [0.4, 0.5) is 0 Å². The van der Waals surface area contributed by atoms with Crippen molar-refractivity contribution in [1.29, 1.82) is 0 Å². The summed E-state index contributed by atoms with van der Waals surface area (Å²) < 4.78 is 11.0. The van der Waals surface area contributed by atoms with Gasteiger partial charge in [0, 0.05) is 17.1 Å². The minimum atomic E-state index is -0.948. The van der Waals surface area contributed by atoms with Crippen LogP contribution in [-0.2, 0) is 23.9 Å². The van der Waals surface area contributed by atoms with Gasteiger partial charge in [0.05, 0.1) is 24.7 Å². The highest BCUT2D eigenvalue weighted by molar-refractivity contribution is 6.19. The van der Waals surface area contributed by atoms with Gasteiger partial charge in [-0.1, -0.05) is 13.3 Å². The summed E-state index contributed by atoms with van der Waals surface area (Å²) in [5, 5.41) is 11.6. The molecule has 0 aromatic rings. The van der Waals surface area contributed by atoms with Crippen molar-refractivity contribution in [2.24, 2.45) is 34.0 Å². The van der Waals surface area contributed by atoms with Crippen molar-refractivity contribution < 1.29 is 29.0 Å². The van der Waals surface area contributed by atoms with Crippen LogP contribution in [0.5, 0.6) is 0 Å². The predicted molar refractivity (Wildman–Crippen MR) is 121 cm³/mol. The number of allylic oxidation sites excluding steroid dienone is 3. The molecule has 0 aromatic carbocycles. The first-order valence-corrected chi connectivity index (χ1v) is 12.4. The first-order valence-electron chi connectivity index (χ1n) is 12.4. The smallest absolute Gasteiger partial charge is 0.312 e. The zero-order valence-electron chi connectivity index (χ0n) is 20.2. The monoisotopic (exact) mass is 456 g/mol. The molecule has 2 bridgehead atoms. The van der Waals surface area contributed by atoms with Gasteiger partial charge >= 0.3 is 5.97 Å². The van der Waals surface area contributed by atoms with E-state index in [1.54, 1.807) is 0 Å². The van der Waals surface area contributed by atoms with Crippen molar-refractivity contribution in [2.45, 2.75) is 77.7 Å². The Bertz CT molecular complexity index is 975. The van der Waals surface area contributed by atoms with Gasteiger partial charge in [-0.25, -0.2) is 0 Å². The molecule has 1 aliphatic heterocycles. The van der Waals surface area contributed by atoms with E-state index in [0.717, 1.165) is 38.5 Å². The molecule has 4 aliphatic carbocycles. The molecule has 0 aromatic heterocycles. The number of hydrogen-bond acceptors (Lipinski definition) is 6. The van der Waals surface area contributed by atoms with Gasteiger partial charge in [-0.3, -0.25) is 14.4 Å². The van der Waals surface area contributed by atoms with E-state index in [-0.39, 0.29) is 40.0 Å². The second kappa shape index (κ2) is 7.27. The summed E-state index contributed by atoms with van der Waals surface area (Å²) >= 11 is 0. The van der Waals surface area contributed by atoms with Crippen molar-refractivity contribution in [3.05, 3.63) is 23.5 Å². The van der Waals surface area contributed by atoms with E-state index >= 15 is 0 Å². The molecule has 7 atom stereocenters. The van der Waals surface area contributed by atoms with Crippen LogP contribution in [0, 0.1) is 34.0 Å². The number of Topliss-reactive ketones (excluding diaryl/α,β-unsaturated/α-hetero) is 1. The van der Waals surface area contributed by atoms with E-state index in [1.165, 1.54) is 19.3 Å². The normalized spacial score (nSPS) is 47.1. The molecule has 4 fully saturated rings. The second-order valence-corrected chi connectivity index (χ2v) is 12.0. The molecule has 5 aliphatic rings. The summed E-state index contributed by atoms with van der Waals surface area (Å²) in [4.78, 5) is 38.0. The van der Waals surface area contributed by atoms with Crippen molar-refractivity contribution >= 4 is 17.5 Å². The lowest BCUT2D eigenvalue weighted by molar-refractivity contribution is -0.256. The molecular weight excluding hydrogens is 420 g/mol. The zero-order valence-corrected chi connectivity index (χ0v) is 20.2. The summed E-state index contributed by atoms with van der Waals surface area (Å²) in [6.07, 6.45) is 9.32. The van der Waals surface area contributed by atoms with E-state index in [4.69, 9.17) is 9.47 Å². The number of carbonyl (C=O) groups excluding carboxylic acids is 3. The Kier molecular flexibility index (Phi) is 5.03. The van der Waals surface area contributed by atoms with Crippen molar-refractivity contribution in [3.8, 4) is 0 Å². The maximum Gasteiger partial charge on any atom is 0.312 e. The molecule has 3 saturated carbocycles. The van der Waals surface area contributed by atoms with E-state index < -0.39 is 11.0 Å². The number of hydrogen-bond donors (Lipinski definition) is 1. The quantitative estimate of drug-likeness (QED) is 0.512. The highest BCUT2D eigenvalue weighted by atomic mass is 16.5. The second-order valence-electron chi connectivity index (χ2n) is 12.0. The molecule has 1 saturated heterocycles. The third-order valence-corrected chi connectivity index (χ3v) is 10.4. The average Bonchev–Trinajstić information content (AvgIpc) is 2.75. The molecule has 1 heterocycles. The molecule has 2 unspecified atom stereocenters. The first kappa shape index (κ1) is 22.8. The van der Waals surface area contributed by atoms with Gasteiger partial charge in [-0.05, 0) is 88.0 Å². The van der Waals surface area contributed by atoms with Gasteiger partial charge in [0.1, 0.15) is 0 Å². The lowest BCUT2D eigenvalue weighted by Crippen LogP contribution is -2.68.